The zero-order valence-corrected chi connectivity index (χ0v) is 33.7. The number of allylic oxidation sites excluding steroid dienone is 13. The molecule has 0 aromatic heterocycles. The SMILES string of the molecule is CC/C=C\C/C=C\C/C=C\C/C=C\CCCCCCC(=O)OC[C@H](COP(=O)(O)O)OC(=O)CCC[C@@H](O)\C=C/C=C/C=C/[C@@H](O)C/C=C\CCCCC. The highest BCUT2D eigenvalue weighted by atomic mass is 31.2. The molecule has 54 heavy (non-hydrogen) atoms. The first-order valence-corrected chi connectivity index (χ1v) is 21.3. The minimum Gasteiger partial charge on any atom is -0.462 e. The van der Waals surface area contributed by atoms with E-state index in [1.54, 1.807) is 36.5 Å². The molecule has 0 radical (unpaired) electrons. The number of carbonyl (C=O) groups is 2. The van der Waals surface area contributed by atoms with Gasteiger partial charge in [0.15, 0.2) is 6.10 Å². The number of unbranched alkanes of at least 4 members (excludes halogenated alkanes) is 7. The molecular formula is C43H69O10P. The van der Waals surface area contributed by atoms with Crippen molar-refractivity contribution in [1.29, 1.82) is 0 Å². The first-order valence-electron chi connectivity index (χ1n) is 19.7. The minimum absolute atomic E-state index is 0.0598. The van der Waals surface area contributed by atoms with E-state index in [1.807, 2.05) is 6.08 Å². The number of rotatable bonds is 34. The zero-order valence-electron chi connectivity index (χ0n) is 32.8. The predicted octanol–water partition coefficient (Wildman–Crippen LogP) is 9.78. The van der Waals surface area contributed by atoms with Crippen molar-refractivity contribution < 1.29 is 48.2 Å². The molecule has 0 heterocycles. The third kappa shape index (κ3) is 38.6. The number of hydrogen-bond donors (Lipinski definition) is 4. The number of hydrogen-bond acceptors (Lipinski definition) is 8. The Bertz CT molecular complexity index is 1220. The molecule has 0 aliphatic rings. The fourth-order valence-electron chi connectivity index (χ4n) is 4.79. The topological polar surface area (TPSA) is 160 Å². The number of phosphoric acid groups is 1. The van der Waals surface area contributed by atoms with Crippen LogP contribution in [0.4, 0.5) is 0 Å². The number of aliphatic hydroxyl groups excluding tert-OH is 2. The molecule has 0 aromatic rings. The number of phosphoric ester groups is 1. The van der Waals surface area contributed by atoms with Crippen LogP contribution in [0, 0.1) is 0 Å². The number of carbonyl (C=O) groups excluding carboxylic acids is 2. The molecule has 0 saturated carbocycles. The Hall–Kier alpha value is -3.11. The summed E-state index contributed by atoms with van der Waals surface area (Å²) < 4.78 is 26.2. The van der Waals surface area contributed by atoms with Crippen molar-refractivity contribution in [2.75, 3.05) is 13.2 Å². The van der Waals surface area contributed by atoms with E-state index in [4.69, 9.17) is 19.3 Å². The fourth-order valence-corrected chi connectivity index (χ4v) is 5.15. The second-order valence-electron chi connectivity index (χ2n) is 12.9. The van der Waals surface area contributed by atoms with E-state index in [-0.39, 0.29) is 19.3 Å². The smallest absolute Gasteiger partial charge is 0.462 e. The summed E-state index contributed by atoms with van der Waals surface area (Å²) in [5.74, 6) is -1.17. The molecule has 11 heteroatoms. The Kier molecular flexibility index (Phi) is 34.7. The molecule has 306 valence electrons. The van der Waals surface area contributed by atoms with Crippen molar-refractivity contribution in [2.24, 2.45) is 0 Å². The molecule has 0 unspecified atom stereocenters. The average molecular weight is 777 g/mol. The van der Waals surface area contributed by atoms with Gasteiger partial charge < -0.3 is 29.5 Å². The Morgan fingerprint density at radius 2 is 1.17 bits per heavy atom. The molecule has 0 aromatic carbocycles. The van der Waals surface area contributed by atoms with Gasteiger partial charge in [0.05, 0.1) is 18.8 Å². The van der Waals surface area contributed by atoms with Crippen LogP contribution in [0.25, 0.3) is 0 Å². The van der Waals surface area contributed by atoms with Gasteiger partial charge in [-0.15, -0.1) is 0 Å². The van der Waals surface area contributed by atoms with Gasteiger partial charge in [0, 0.05) is 12.8 Å². The Morgan fingerprint density at radius 1 is 0.611 bits per heavy atom. The average Bonchev–Trinajstić information content (AvgIpc) is 3.13. The molecule has 0 spiro atoms. The summed E-state index contributed by atoms with van der Waals surface area (Å²) in [6.07, 6.45) is 43.2. The lowest BCUT2D eigenvalue weighted by atomic mass is 10.1. The van der Waals surface area contributed by atoms with Gasteiger partial charge in [-0.1, -0.05) is 137 Å². The lowest BCUT2D eigenvalue weighted by molar-refractivity contribution is -0.161. The molecule has 0 rings (SSSR count). The lowest BCUT2D eigenvalue weighted by Crippen LogP contribution is -2.29. The van der Waals surface area contributed by atoms with Crippen molar-refractivity contribution in [3.63, 3.8) is 0 Å². The van der Waals surface area contributed by atoms with Crippen molar-refractivity contribution >= 4 is 19.8 Å². The highest BCUT2D eigenvalue weighted by molar-refractivity contribution is 7.46. The lowest BCUT2D eigenvalue weighted by Gasteiger charge is -2.18. The van der Waals surface area contributed by atoms with E-state index in [1.165, 1.54) is 12.8 Å². The van der Waals surface area contributed by atoms with E-state index in [0.717, 1.165) is 64.2 Å². The van der Waals surface area contributed by atoms with Gasteiger partial charge in [0.2, 0.25) is 0 Å². The van der Waals surface area contributed by atoms with E-state index < -0.39 is 51.3 Å². The Labute approximate surface area is 325 Å². The number of ether oxygens (including phenoxy) is 2. The fraction of sp³-hybridized carbons (Fsp3) is 0.581. The van der Waals surface area contributed by atoms with Crippen LogP contribution < -0.4 is 0 Å². The van der Waals surface area contributed by atoms with Crippen LogP contribution in [0.15, 0.2) is 97.2 Å². The molecule has 0 saturated heterocycles. The van der Waals surface area contributed by atoms with Crippen LogP contribution in [0.3, 0.4) is 0 Å². The summed E-state index contributed by atoms with van der Waals surface area (Å²) in [5, 5.41) is 20.2. The minimum atomic E-state index is -4.84. The third-order valence-electron chi connectivity index (χ3n) is 7.78. The summed E-state index contributed by atoms with van der Waals surface area (Å²) in [5.41, 5.74) is 0. The first-order chi connectivity index (χ1) is 26.1. The van der Waals surface area contributed by atoms with E-state index >= 15 is 0 Å². The highest BCUT2D eigenvalue weighted by Gasteiger charge is 2.23. The maximum Gasteiger partial charge on any atom is 0.469 e. The number of aliphatic hydroxyl groups is 2. The van der Waals surface area contributed by atoms with Crippen LogP contribution in [-0.4, -0.2) is 63.5 Å². The normalized spacial score (nSPS) is 14.7. The zero-order chi connectivity index (χ0) is 40.0. The maximum atomic E-state index is 12.4. The molecule has 0 aliphatic carbocycles. The summed E-state index contributed by atoms with van der Waals surface area (Å²) in [7, 11) is -4.84. The summed E-state index contributed by atoms with van der Waals surface area (Å²) in [6.45, 7) is 3.26. The molecular weight excluding hydrogens is 707 g/mol. The van der Waals surface area contributed by atoms with Crippen molar-refractivity contribution in [3.8, 4) is 0 Å². The van der Waals surface area contributed by atoms with Gasteiger partial charge in [-0.3, -0.25) is 14.1 Å². The molecule has 10 nitrogen and oxygen atoms in total. The third-order valence-corrected chi connectivity index (χ3v) is 8.26. The number of esters is 2. The van der Waals surface area contributed by atoms with Crippen molar-refractivity contribution in [3.05, 3.63) is 97.2 Å². The Balaban J connectivity index is 4.29. The molecule has 0 amide bonds. The monoisotopic (exact) mass is 776 g/mol. The van der Waals surface area contributed by atoms with Crippen LogP contribution in [0.5, 0.6) is 0 Å². The van der Waals surface area contributed by atoms with Crippen LogP contribution in [-0.2, 0) is 28.2 Å². The van der Waals surface area contributed by atoms with Crippen LogP contribution >= 0.6 is 7.82 Å². The van der Waals surface area contributed by atoms with E-state index in [2.05, 4.69) is 73.1 Å². The standard InChI is InChI=1S/C43H69O10P/c1-3-5-7-9-11-12-13-14-15-16-17-18-19-20-21-23-29-35-42(46)51-37-41(38-52-54(48,49)50)53-43(47)36-30-34-40(45)33-28-25-24-27-32-39(44)31-26-22-10-8-6-4-2/h5,7,11-12,14-15,17-18,22,24-28,32-33,39-41,44-45H,3-4,6,8-10,13,16,19-21,23,29-31,34-38H2,1-2H3,(H2,48,49,50)/b7-5-,12-11-,15-14-,18-17-,25-24+,26-22-,32-27+,33-28-/t39-,40-,41+/m0/s1. The van der Waals surface area contributed by atoms with Crippen molar-refractivity contribution in [2.45, 2.75) is 148 Å². The van der Waals surface area contributed by atoms with Crippen molar-refractivity contribution in [1.82, 2.24) is 0 Å². The van der Waals surface area contributed by atoms with Gasteiger partial charge >= 0.3 is 19.8 Å². The molecule has 0 aliphatic heterocycles. The highest BCUT2D eigenvalue weighted by Crippen LogP contribution is 2.36. The van der Waals surface area contributed by atoms with Gasteiger partial charge in [-0.05, 0) is 77.0 Å². The van der Waals surface area contributed by atoms with Gasteiger partial charge in [0.25, 0.3) is 0 Å². The first kappa shape index (κ1) is 50.9. The molecule has 3 atom stereocenters. The second kappa shape index (κ2) is 36.8. The van der Waals surface area contributed by atoms with E-state index in [0.29, 0.717) is 19.3 Å². The maximum absolute atomic E-state index is 12.4. The summed E-state index contributed by atoms with van der Waals surface area (Å²) >= 11 is 0. The quantitative estimate of drug-likeness (QED) is 0.0163. The second-order valence-corrected chi connectivity index (χ2v) is 14.2. The Morgan fingerprint density at radius 3 is 1.80 bits per heavy atom. The summed E-state index contributed by atoms with van der Waals surface area (Å²) in [4.78, 5) is 42.8. The van der Waals surface area contributed by atoms with Crippen LogP contribution in [0.1, 0.15) is 129 Å². The molecule has 0 fully saturated rings. The summed E-state index contributed by atoms with van der Waals surface area (Å²) in [6, 6.07) is 0. The van der Waals surface area contributed by atoms with Gasteiger partial charge in [0.1, 0.15) is 6.61 Å². The van der Waals surface area contributed by atoms with E-state index in [9.17, 15) is 24.4 Å². The molecule has 4 N–H and O–H groups in total. The van der Waals surface area contributed by atoms with Gasteiger partial charge in [-0.2, -0.15) is 0 Å². The molecule has 0 bridgehead atoms. The van der Waals surface area contributed by atoms with Gasteiger partial charge in [-0.25, -0.2) is 4.57 Å². The largest absolute Gasteiger partial charge is 0.469 e. The predicted molar refractivity (Wildman–Crippen MR) is 218 cm³/mol. The van der Waals surface area contributed by atoms with Crippen LogP contribution in [0.2, 0.25) is 0 Å².